The normalized spacial score (nSPS) is 12.1. The van der Waals surface area contributed by atoms with Gasteiger partial charge < -0.3 is 10.2 Å². The number of hydrogen-bond donors (Lipinski definition) is 1. The van der Waals surface area contributed by atoms with Crippen molar-refractivity contribution in [3.8, 4) is 0 Å². The van der Waals surface area contributed by atoms with Crippen LogP contribution >= 0.6 is 23.2 Å². The zero-order chi connectivity index (χ0) is 24.7. The summed E-state index contributed by atoms with van der Waals surface area (Å²) in [4.78, 5) is 28.9. The van der Waals surface area contributed by atoms with Crippen LogP contribution in [0.25, 0.3) is 0 Å². The lowest BCUT2D eigenvalue weighted by molar-refractivity contribution is -0.141. The van der Waals surface area contributed by atoms with Crippen LogP contribution in [0, 0.1) is 0 Å². The van der Waals surface area contributed by atoms with Crippen LogP contribution in [0.1, 0.15) is 37.5 Å². The van der Waals surface area contributed by atoms with E-state index in [4.69, 9.17) is 23.2 Å². The summed E-state index contributed by atoms with van der Waals surface area (Å²) in [6.45, 7) is 6.05. The summed E-state index contributed by atoms with van der Waals surface area (Å²) in [5.74, 6) is -0.356. The first-order chi connectivity index (χ1) is 16.1. The van der Waals surface area contributed by atoms with Crippen LogP contribution in [0.2, 0.25) is 10.0 Å². The second-order valence-corrected chi connectivity index (χ2v) is 10.3. The lowest BCUT2D eigenvalue weighted by Crippen LogP contribution is -2.54. The molecule has 0 aliphatic rings. The van der Waals surface area contributed by atoms with Gasteiger partial charge in [0, 0.05) is 28.5 Å². The Hall–Kier alpha value is -2.82. The Balaban J connectivity index is 1.99. The lowest BCUT2D eigenvalue weighted by atomic mass is 10.00. The van der Waals surface area contributed by atoms with Gasteiger partial charge in [0.2, 0.25) is 11.8 Å². The Morgan fingerprint density at radius 2 is 1.38 bits per heavy atom. The van der Waals surface area contributed by atoms with E-state index in [-0.39, 0.29) is 24.8 Å². The molecule has 3 rings (SSSR count). The van der Waals surface area contributed by atoms with Crippen molar-refractivity contribution in [2.75, 3.05) is 0 Å². The Morgan fingerprint density at radius 3 is 1.97 bits per heavy atom. The van der Waals surface area contributed by atoms with Gasteiger partial charge in [-0.3, -0.25) is 9.59 Å². The summed E-state index contributed by atoms with van der Waals surface area (Å²) < 4.78 is 0. The number of amides is 2. The molecule has 0 aliphatic heterocycles. The van der Waals surface area contributed by atoms with Crippen molar-refractivity contribution in [3.05, 3.63) is 106 Å². The van der Waals surface area contributed by atoms with Crippen LogP contribution in [0.15, 0.2) is 78.9 Å². The molecule has 0 saturated carbocycles. The fraction of sp³-hybridized carbons (Fsp3) is 0.286. The average molecular weight is 497 g/mol. The number of nitrogens with zero attached hydrogens (tertiary/aromatic N) is 1. The number of rotatable bonds is 8. The van der Waals surface area contributed by atoms with Crippen molar-refractivity contribution in [1.29, 1.82) is 0 Å². The number of hydrogen-bond acceptors (Lipinski definition) is 2. The quantitative estimate of drug-likeness (QED) is 0.410. The van der Waals surface area contributed by atoms with Crippen molar-refractivity contribution < 1.29 is 9.59 Å². The Kier molecular flexibility index (Phi) is 8.76. The molecule has 0 heterocycles. The van der Waals surface area contributed by atoms with E-state index in [1.54, 1.807) is 23.1 Å². The van der Waals surface area contributed by atoms with Gasteiger partial charge in [0.25, 0.3) is 0 Å². The molecular weight excluding hydrogens is 467 g/mol. The zero-order valence-electron chi connectivity index (χ0n) is 19.7. The fourth-order valence-corrected chi connectivity index (χ4v) is 4.19. The number of nitrogens with one attached hydrogen (secondary N) is 1. The van der Waals surface area contributed by atoms with E-state index in [2.05, 4.69) is 5.32 Å². The lowest BCUT2D eigenvalue weighted by Gasteiger charge is -2.34. The molecule has 1 N–H and O–H groups in total. The monoisotopic (exact) mass is 496 g/mol. The van der Waals surface area contributed by atoms with Gasteiger partial charge in [-0.25, -0.2) is 0 Å². The number of benzene rings is 3. The maximum absolute atomic E-state index is 13.7. The standard InChI is InChI=1S/C28H30Cl2N2O2/c1-28(2,3)31-27(34)25(17-20-9-5-4-6-10-20)32(19-22-12-8-14-24(30)16-22)26(33)18-21-11-7-13-23(29)15-21/h4-16,25H,17-19H2,1-3H3,(H,31,34)/t25-/m1/s1. The van der Waals surface area contributed by atoms with Crippen LogP contribution in [-0.4, -0.2) is 28.3 Å². The molecule has 6 heteroatoms. The molecular formula is C28H30Cl2N2O2. The molecule has 3 aromatic rings. The summed E-state index contributed by atoms with van der Waals surface area (Å²) in [5.41, 5.74) is 2.18. The fourth-order valence-electron chi connectivity index (χ4n) is 3.76. The van der Waals surface area contributed by atoms with E-state index in [0.29, 0.717) is 16.5 Å². The number of halogens is 2. The van der Waals surface area contributed by atoms with Gasteiger partial charge in [0.05, 0.1) is 6.42 Å². The minimum Gasteiger partial charge on any atom is -0.350 e. The molecule has 178 valence electrons. The van der Waals surface area contributed by atoms with E-state index in [1.165, 1.54) is 0 Å². The third kappa shape index (κ3) is 7.89. The van der Waals surface area contributed by atoms with Gasteiger partial charge in [0.1, 0.15) is 6.04 Å². The smallest absolute Gasteiger partial charge is 0.243 e. The molecule has 3 aromatic carbocycles. The molecule has 0 aromatic heterocycles. The summed E-state index contributed by atoms with van der Waals surface area (Å²) in [7, 11) is 0. The highest BCUT2D eigenvalue weighted by Gasteiger charge is 2.32. The van der Waals surface area contributed by atoms with Crippen molar-refractivity contribution >= 4 is 35.0 Å². The van der Waals surface area contributed by atoms with Crippen LogP contribution in [-0.2, 0) is 29.0 Å². The second-order valence-electron chi connectivity index (χ2n) is 9.40. The Bertz CT molecular complexity index is 1130. The van der Waals surface area contributed by atoms with E-state index >= 15 is 0 Å². The molecule has 0 unspecified atom stereocenters. The first-order valence-electron chi connectivity index (χ1n) is 11.2. The maximum atomic E-state index is 13.7. The maximum Gasteiger partial charge on any atom is 0.243 e. The highest BCUT2D eigenvalue weighted by molar-refractivity contribution is 6.30. The van der Waals surface area contributed by atoms with Gasteiger partial charge >= 0.3 is 0 Å². The summed E-state index contributed by atoms with van der Waals surface area (Å²) >= 11 is 12.4. The van der Waals surface area contributed by atoms with Gasteiger partial charge in [-0.05, 0) is 61.7 Å². The first-order valence-corrected chi connectivity index (χ1v) is 12.0. The molecule has 1 atom stereocenters. The minimum atomic E-state index is -0.702. The SMILES string of the molecule is CC(C)(C)NC(=O)[C@@H](Cc1ccccc1)N(Cc1cccc(Cl)c1)C(=O)Cc1cccc(Cl)c1. The summed E-state index contributed by atoms with van der Waals surface area (Å²) in [6, 6.07) is 23.6. The highest BCUT2D eigenvalue weighted by Crippen LogP contribution is 2.20. The molecule has 0 saturated heterocycles. The predicted octanol–water partition coefficient (Wildman–Crippen LogP) is 6.09. The zero-order valence-corrected chi connectivity index (χ0v) is 21.2. The molecule has 34 heavy (non-hydrogen) atoms. The minimum absolute atomic E-state index is 0.134. The van der Waals surface area contributed by atoms with Gasteiger partial charge in [0.15, 0.2) is 0 Å². The molecule has 0 fully saturated rings. The highest BCUT2D eigenvalue weighted by atomic mass is 35.5. The third-order valence-electron chi connectivity index (χ3n) is 5.26. The number of carbonyl (C=O) groups excluding carboxylic acids is 2. The van der Waals surface area contributed by atoms with Crippen LogP contribution < -0.4 is 5.32 Å². The molecule has 0 radical (unpaired) electrons. The van der Waals surface area contributed by atoms with E-state index in [0.717, 1.165) is 16.7 Å². The van der Waals surface area contributed by atoms with Crippen molar-refractivity contribution in [2.24, 2.45) is 0 Å². The van der Waals surface area contributed by atoms with E-state index in [1.807, 2.05) is 81.4 Å². The van der Waals surface area contributed by atoms with E-state index < -0.39 is 11.6 Å². The van der Waals surface area contributed by atoms with Crippen LogP contribution in [0.3, 0.4) is 0 Å². The Morgan fingerprint density at radius 1 is 0.824 bits per heavy atom. The van der Waals surface area contributed by atoms with Crippen molar-refractivity contribution in [1.82, 2.24) is 10.2 Å². The van der Waals surface area contributed by atoms with Crippen LogP contribution in [0.5, 0.6) is 0 Å². The molecule has 0 aliphatic carbocycles. The molecule has 2 amide bonds. The molecule has 0 bridgehead atoms. The predicted molar refractivity (Wildman–Crippen MR) is 139 cm³/mol. The van der Waals surface area contributed by atoms with E-state index in [9.17, 15) is 9.59 Å². The van der Waals surface area contributed by atoms with Gasteiger partial charge in [-0.15, -0.1) is 0 Å². The third-order valence-corrected chi connectivity index (χ3v) is 5.73. The van der Waals surface area contributed by atoms with Gasteiger partial charge in [-0.1, -0.05) is 77.8 Å². The van der Waals surface area contributed by atoms with Crippen molar-refractivity contribution in [2.45, 2.75) is 51.7 Å². The topological polar surface area (TPSA) is 49.4 Å². The van der Waals surface area contributed by atoms with Crippen molar-refractivity contribution in [3.63, 3.8) is 0 Å². The molecule has 4 nitrogen and oxygen atoms in total. The molecule has 0 spiro atoms. The first kappa shape index (κ1) is 25.8. The van der Waals surface area contributed by atoms with Crippen LogP contribution in [0.4, 0.5) is 0 Å². The number of carbonyl (C=O) groups is 2. The second kappa shape index (κ2) is 11.5. The average Bonchev–Trinajstić information content (AvgIpc) is 2.75. The largest absolute Gasteiger partial charge is 0.350 e. The Labute approximate surface area is 211 Å². The summed E-state index contributed by atoms with van der Waals surface area (Å²) in [6.07, 6.45) is 0.528. The van der Waals surface area contributed by atoms with Gasteiger partial charge in [-0.2, -0.15) is 0 Å². The summed E-state index contributed by atoms with van der Waals surface area (Å²) in [5, 5.41) is 4.21.